The van der Waals surface area contributed by atoms with Crippen molar-refractivity contribution in [1.29, 1.82) is 0 Å². The van der Waals surface area contributed by atoms with Gasteiger partial charge in [0, 0.05) is 54.5 Å². The second kappa shape index (κ2) is 2.58. The minimum atomic E-state index is 0.834. The van der Waals surface area contributed by atoms with Crippen LogP contribution in [0.15, 0.2) is 0 Å². The summed E-state index contributed by atoms with van der Waals surface area (Å²) in [6.45, 7) is 3.41. The van der Waals surface area contributed by atoms with Gasteiger partial charge in [-0.15, -0.1) is 0 Å². The summed E-state index contributed by atoms with van der Waals surface area (Å²) in [5.74, 6) is 6.54. The molecule has 2 atom stereocenters. The molecule has 3 nitrogen and oxygen atoms in total. The largest absolute Gasteiger partial charge is 0.269 e. The molecule has 2 heterocycles. The molecule has 2 aliphatic rings. The van der Waals surface area contributed by atoms with Gasteiger partial charge in [0.1, 0.15) is 0 Å². The Labute approximate surface area is 75.0 Å². The first-order valence-electron chi connectivity index (χ1n) is 3.69. The smallest absolute Gasteiger partial charge is 0.0260 e. The molecule has 0 amide bonds. The number of nitrogens with zero attached hydrogens (tertiary/aromatic N) is 2. The van der Waals surface area contributed by atoms with Crippen molar-refractivity contribution in [3.63, 3.8) is 0 Å². The lowest BCUT2D eigenvalue weighted by Crippen LogP contribution is -2.60. The molecular weight excluding hydrogens is 241 g/mol. The van der Waals surface area contributed by atoms with E-state index >= 15 is 0 Å². The molecule has 10 heavy (non-hydrogen) atoms. The monoisotopic (exact) mass is 253 g/mol. The fourth-order valence-corrected chi connectivity index (χ4v) is 3.06. The first kappa shape index (κ1) is 7.27. The summed E-state index contributed by atoms with van der Waals surface area (Å²) in [6, 6.07) is 0.834. The van der Waals surface area contributed by atoms with Gasteiger partial charge in [0.15, 0.2) is 0 Å². The van der Waals surface area contributed by atoms with Crippen LogP contribution in [0, 0.1) is 5.92 Å². The third-order valence-electron chi connectivity index (χ3n) is 2.49. The van der Waals surface area contributed by atoms with E-state index in [1.807, 2.05) is 5.01 Å². The first-order valence-corrected chi connectivity index (χ1v) is 4.66. The summed E-state index contributed by atoms with van der Waals surface area (Å²) in [6.07, 6.45) is 1.25. The van der Waals surface area contributed by atoms with E-state index in [-0.39, 0.29) is 0 Å². The predicted molar refractivity (Wildman–Crippen MR) is 48.4 cm³/mol. The van der Waals surface area contributed by atoms with Crippen LogP contribution in [-0.2, 0) is 0 Å². The molecule has 0 bridgehead atoms. The van der Waals surface area contributed by atoms with Gasteiger partial charge >= 0.3 is 0 Å². The molecule has 2 N–H and O–H groups in total. The summed E-state index contributed by atoms with van der Waals surface area (Å²) in [4.78, 5) is 0. The van der Waals surface area contributed by atoms with Crippen LogP contribution in [0.2, 0.25) is 0 Å². The van der Waals surface area contributed by atoms with Crippen LogP contribution in [0.3, 0.4) is 0 Å². The Morgan fingerprint density at radius 3 is 2.80 bits per heavy atom. The molecule has 58 valence electrons. The number of piperidine rings is 1. The highest BCUT2D eigenvalue weighted by Gasteiger charge is 2.40. The van der Waals surface area contributed by atoms with E-state index in [2.05, 4.69) is 26.0 Å². The van der Waals surface area contributed by atoms with Gasteiger partial charge in [0.2, 0.25) is 0 Å². The fourth-order valence-electron chi connectivity index (χ4n) is 1.82. The Morgan fingerprint density at radius 1 is 1.40 bits per heavy atom. The number of hydrogen-bond acceptors (Lipinski definition) is 3. The Balaban J connectivity index is 1.93. The second-order valence-electron chi connectivity index (χ2n) is 3.19. The van der Waals surface area contributed by atoms with Crippen molar-refractivity contribution < 1.29 is 0 Å². The van der Waals surface area contributed by atoms with Gasteiger partial charge in [-0.1, -0.05) is 0 Å². The Bertz CT molecular complexity index is 139. The number of hydrogen-bond donors (Lipinski definition) is 1. The van der Waals surface area contributed by atoms with Crippen molar-refractivity contribution in [2.75, 3.05) is 19.6 Å². The van der Waals surface area contributed by atoms with Gasteiger partial charge in [0.05, 0.1) is 0 Å². The van der Waals surface area contributed by atoms with E-state index in [4.69, 9.17) is 5.84 Å². The van der Waals surface area contributed by atoms with Crippen LogP contribution < -0.4 is 5.84 Å². The highest BCUT2D eigenvalue weighted by Crippen LogP contribution is 2.33. The maximum Gasteiger partial charge on any atom is 0.0260 e. The Morgan fingerprint density at radius 2 is 2.20 bits per heavy atom. The van der Waals surface area contributed by atoms with Gasteiger partial charge in [-0.25, -0.2) is 8.12 Å². The SMILES string of the molecule is NN1CCC2C(C1)CN2I. The van der Waals surface area contributed by atoms with Gasteiger partial charge < -0.3 is 0 Å². The molecule has 0 aromatic heterocycles. The molecule has 0 aliphatic carbocycles. The zero-order chi connectivity index (χ0) is 7.14. The summed E-state index contributed by atoms with van der Waals surface area (Å²) in [7, 11) is 0. The van der Waals surface area contributed by atoms with Crippen molar-refractivity contribution in [1.82, 2.24) is 8.12 Å². The number of halogens is 1. The standard InChI is InChI=1S/C6H12IN3/c7-10-4-5-3-9(8)2-1-6(5)10/h5-6H,1-4,8H2. The molecule has 4 heteroatoms. The van der Waals surface area contributed by atoms with Crippen molar-refractivity contribution in [2.24, 2.45) is 11.8 Å². The van der Waals surface area contributed by atoms with E-state index in [0.717, 1.165) is 25.0 Å². The van der Waals surface area contributed by atoms with Crippen molar-refractivity contribution in [3.8, 4) is 0 Å². The van der Waals surface area contributed by atoms with Crippen molar-refractivity contribution in [2.45, 2.75) is 12.5 Å². The zero-order valence-corrected chi connectivity index (χ0v) is 7.99. The number of hydrazine groups is 1. The van der Waals surface area contributed by atoms with Crippen LogP contribution in [0.1, 0.15) is 6.42 Å². The molecule has 0 radical (unpaired) electrons. The number of rotatable bonds is 0. The van der Waals surface area contributed by atoms with Gasteiger partial charge in [0.25, 0.3) is 0 Å². The lowest BCUT2D eigenvalue weighted by Gasteiger charge is -2.49. The quantitative estimate of drug-likeness (QED) is 0.380. The van der Waals surface area contributed by atoms with E-state index in [9.17, 15) is 0 Å². The normalized spacial score (nSPS) is 42.6. The molecule has 2 aliphatic heterocycles. The Kier molecular flexibility index (Phi) is 1.88. The summed E-state index contributed by atoms with van der Waals surface area (Å²) in [5, 5.41) is 1.95. The molecule has 2 unspecified atom stereocenters. The highest BCUT2D eigenvalue weighted by molar-refractivity contribution is 14.1. The third kappa shape index (κ3) is 1.07. The third-order valence-corrected chi connectivity index (χ3v) is 3.60. The molecular formula is C6H12IN3. The molecule has 0 saturated carbocycles. The van der Waals surface area contributed by atoms with Crippen LogP contribution in [0.4, 0.5) is 0 Å². The molecule has 0 aromatic carbocycles. The number of nitrogens with two attached hydrogens (primary N) is 1. The second-order valence-corrected chi connectivity index (χ2v) is 4.43. The zero-order valence-electron chi connectivity index (χ0n) is 5.83. The van der Waals surface area contributed by atoms with E-state index in [1.54, 1.807) is 0 Å². The van der Waals surface area contributed by atoms with Crippen LogP contribution in [0.25, 0.3) is 0 Å². The van der Waals surface area contributed by atoms with E-state index in [0.29, 0.717) is 0 Å². The summed E-state index contributed by atoms with van der Waals surface area (Å²) in [5.41, 5.74) is 0. The average Bonchev–Trinajstić information content (AvgIpc) is 1.86. The molecule has 2 fully saturated rings. The predicted octanol–water partition coefficient (Wildman–Crippen LogP) is 0.216. The lowest BCUT2D eigenvalue weighted by molar-refractivity contribution is 0.0324. The molecule has 0 spiro atoms. The van der Waals surface area contributed by atoms with E-state index < -0.39 is 0 Å². The molecule has 0 aromatic rings. The van der Waals surface area contributed by atoms with Gasteiger partial charge in [-0.05, 0) is 6.42 Å². The van der Waals surface area contributed by atoms with Gasteiger partial charge in [-0.2, -0.15) is 0 Å². The number of fused-ring (bicyclic) bond motifs is 1. The minimum Gasteiger partial charge on any atom is -0.269 e. The molecule has 2 rings (SSSR count). The van der Waals surface area contributed by atoms with E-state index in [1.165, 1.54) is 13.0 Å². The average molecular weight is 253 g/mol. The summed E-state index contributed by atoms with van der Waals surface area (Å²) < 4.78 is 2.40. The maximum absolute atomic E-state index is 5.68. The summed E-state index contributed by atoms with van der Waals surface area (Å²) >= 11 is 2.41. The van der Waals surface area contributed by atoms with Crippen molar-refractivity contribution in [3.05, 3.63) is 0 Å². The maximum atomic E-state index is 5.68. The van der Waals surface area contributed by atoms with Gasteiger partial charge in [-0.3, -0.25) is 5.84 Å². The molecule has 2 saturated heterocycles. The minimum absolute atomic E-state index is 0.834. The topological polar surface area (TPSA) is 32.5 Å². The van der Waals surface area contributed by atoms with Crippen molar-refractivity contribution >= 4 is 22.9 Å². The first-order chi connectivity index (χ1) is 4.77. The fraction of sp³-hybridized carbons (Fsp3) is 1.00. The highest BCUT2D eigenvalue weighted by atomic mass is 127. The van der Waals surface area contributed by atoms with Crippen LogP contribution in [-0.4, -0.2) is 33.8 Å². The lowest BCUT2D eigenvalue weighted by atomic mass is 9.86. The van der Waals surface area contributed by atoms with Crippen LogP contribution >= 0.6 is 22.9 Å². The van der Waals surface area contributed by atoms with Crippen LogP contribution in [0.5, 0.6) is 0 Å². The Hall–Kier alpha value is 0.610.